The van der Waals surface area contributed by atoms with Gasteiger partial charge in [-0.1, -0.05) is 0 Å². The fraction of sp³-hybridized carbons (Fsp3) is 0.773. The Kier molecular flexibility index (Phi) is 9.97. The van der Waals surface area contributed by atoms with Crippen LogP contribution in [-0.2, 0) is 4.74 Å². The molecule has 1 aliphatic heterocycles. The van der Waals surface area contributed by atoms with E-state index in [1.54, 1.807) is 0 Å². The highest BCUT2D eigenvalue weighted by atomic mass is 16.5. The lowest BCUT2D eigenvalue weighted by Crippen LogP contribution is -2.46. The summed E-state index contributed by atoms with van der Waals surface area (Å²) >= 11 is 0. The number of hydrogen-bond acceptors (Lipinski definition) is 5. The lowest BCUT2D eigenvalue weighted by atomic mass is 10.1. The minimum Gasteiger partial charge on any atom is -0.465 e. The van der Waals surface area contributed by atoms with Crippen molar-refractivity contribution >= 4 is 5.96 Å². The first-order valence-corrected chi connectivity index (χ1v) is 11.0. The smallest absolute Gasteiger partial charge is 0.191 e. The molecule has 0 bridgehead atoms. The Morgan fingerprint density at radius 1 is 1.14 bits per heavy atom. The summed E-state index contributed by atoms with van der Waals surface area (Å²) in [5.41, 5.74) is 0. The minimum absolute atomic E-state index is 0.170. The average Bonchev–Trinajstić information content (AvgIpc) is 3.12. The van der Waals surface area contributed by atoms with Crippen molar-refractivity contribution in [3.63, 3.8) is 0 Å². The normalized spacial score (nSPS) is 17.3. The van der Waals surface area contributed by atoms with Crippen molar-refractivity contribution in [1.29, 1.82) is 0 Å². The van der Waals surface area contributed by atoms with Crippen molar-refractivity contribution in [1.82, 2.24) is 20.4 Å². The molecule has 29 heavy (non-hydrogen) atoms. The highest BCUT2D eigenvalue weighted by molar-refractivity contribution is 5.79. The molecule has 0 saturated carbocycles. The topological polar surface area (TPSA) is 65.3 Å². The molecule has 1 saturated heterocycles. The Morgan fingerprint density at radius 2 is 1.83 bits per heavy atom. The summed E-state index contributed by atoms with van der Waals surface area (Å²) in [4.78, 5) is 9.34. The fourth-order valence-electron chi connectivity index (χ4n) is 3.93. The molecule has 0 radical (unpaired) electrons. The number of aliphatic imine (C=N–C) groups is 1. The van der Waals surface area contributed by atoms with Crippen LogP contribution in [0.2, 0.25) is 0 Å². The standard InChI is InChI=1S/C22H41N5O2/c1-17(2)27(18(3)4)11-7-10-24-22(23-6)25-16-20(21-9-8-19(5)29-21)26-12-14-28-15-13-26/h8-9,17-18,20H,7,10-16H2,1-6H3,(H2,23,24,25). The van der Waals surface area contributed by atoms with Crippen LogP contribution in [0.5, 0.6) is 0 Å². The number of nitrogens with zero attached hydrogens (tertiary/aromatic N) is 3. The van der Waals surface area contributed by atoms with E-state index in [0.29, 0.717) is 12.1 Å². The van der Waals surface area contributed by atoms with Crippen LogP contribution in [0.15, 0.2) is 21.5 Å². The second kappa shape index (κ2) is 12.2. The SMILES string of the molecule is CN=C(NCCCN(C(C)C)C(C)C)NCC(c1ccc(C)o1)N1CCOCC1. The maximum absolute atomic E-state index is 5.95. The van der Waals surface area contributed by atoms with Crippen LogP contribution in [-0.4, -0.2) is 80.8 Å². The first-order valence-electron chi connectivity index (χ1n) is 11.0. The van der Waals surface area contributed by atoms with Gasteiger partial charge in [-0.25, -0.2) is 0 Å². The van der Waals surface area contributed by atoms with Crippen LogP contribution in [0.4, 0.5) is 0 Å². The molecule has 1 atom stereocenters. The van der Waals surface area contributed by atoms with Gasteiger partial charge in [0.05, 0.1) is 19.3 Å². The van der Waals surface area contributed by atoms with Gasteiger partial charge in [0.2, 0.25) is 0 Å². The first kappa shape index (κ1) is 23.7. The van der Waals surface area contributed by atoms with E-state index >= 15 is 0 Å². The molecule has 166 valence electrons. The van der Waals surface area contributed by atoms with Gasteiger partial charge in [-0.05, 0) is 53.2 Å². The predicted molar refractivity (Wildman–Crippen MR) is 120 cm³/mol. The molecule has 2 N–H and O–H groups in total. The van der Waals surface area contributed by atoms with Gasteiger partial charge in [-0.2, -0.15) is 0 Å². The second-order valence-electron chi connectivity index (χ2n) is 8.27. The van der Waals surface area contributed by atoms with Crippen molar-refractivity contribution in [2.45, 2.75) is 59.2 Å². The van der Waals surface area contributed by atoms with Crippen LogP contribution in [0.3, 0.4) is 0 Å². The number of ether oxygens (including phenoxy) is 1. The lowest BCUT2D eigenvalue weighted by molar-refractivity contribution is 0.0124. The molecule has 0 spiro atoms. The van der Waals surface area contributed by atoms with E-state index in [1.807, 2.05) is 20.0 Å². The van der Waals surface area contributed by atoms with E-state index in [1.165, 1.54) is 0 Å². The van der Waals surface area contributed by atoms with Crippen molar-refractivity contribution in [3.05, 3.63) is 23.7 Å². The number of nitrogens with one attached hydrogen (secondary N) is 2. The number of furan rings is 1. The quantitative estimate of drug-likeness (QED) is 0.353. The highest BCUT2D eigenvalue weighted by Gasteiger charge is 2.25. The van der Waals surface area contributed by atoms with Gasteiger partial charge in [0.15, 0.2) is 5.96 Å². The van der Waals surface area contributed by atoms with Gasteiger partial charge in [0, 0.05) is 51.9 Å². The summed E-state index contributed by atoms with van der Waals surface area (Å²) in [7, 11) is 1.82. The van der Waals surface area contributed by atoms with E-state index in [4.69, 9.17) is 9.15 Å². The third-order valence-electron chi connectivity index (χ3n) is 5.47. The first-order chi connectivity index (χ1) is 13.9. The number of hydrogen-bond donors (Lipinski definition) is 2. The lowest BCUT2D eigenvalue weighted by Gasteiger charge is -2.33. The fourth-order valence-corrected chi connectivity index (χ4v) is 3.93. The summed E-state index contributed by atoms with van der Waals surface area (Å²) in [5, 5.41) is 6.95. The molecule has 0 aliphatic carbocycles. The molecule has 2 heterocycles. The van der Waals surface area contributed by atoms with Crippen LogP contribution >= 0.6 is 0 Å². The zero-order valence-electron chi connectivity index (χ0n) is 19.2. The average molecular weight is 408 g/mol. The summed E-state index contributed by atoms with van der Waals surface area (Å²) in [6, 6.07) is 5.42. The molecule has 1 aromatic heterocycles. The molecule has 1 aromatic rings. The molecule has 7 nitrogen and oxygen atoms in total. The predicted octanol–water partition coefficient (Wildman–Crippen LogP) is 2.64. The number of morpholine rings is 1. The summed E-state index contributed by atoms with van der Waals surface area (Å²) in [6.07, 6.45) is 1.08. The molecular formula is C22H41N5O2. The van der Waals surface area contributed by atoms with Crippen LogP contribution in [0, 0.1) is 6.92 Å². The largest absolute Gasteiger partial charge is 0.465 e. The monoisotopic (exact) mass is 407 g/mol. The number of guanidine groups is 1. The van der Waals surface area contributed by atoms with Gasteiger partial charge in [0.25, 0.3) is 0 Å². The van der Waals surface area contributed by atoms with Crippen molar-refractivity contribution in [2.24, 2.45) is 4.99 Å². The third kappa shape index (κ3) is 7.64. The molecule has 1 fully saturated rings. The van der Waals surface area contributed by atoms with Gasteiger partial charge in [0.1, 0.15) is 11.5 Å². The molecule has 2 rings (SSSR count). The third-order valence-corrected chi connectivity index (χ3v) is 5.47. The molecule has 1 unspecified atom stereocenters. The molecule has 0 aromatic carbocycles. The van der Waals surface area contributed by atoms with Crippen LogP contribution in [0.25, 0.3) is 0 Å². The van der Waals surface area contributed by atoms with E-state index in [0.717, 1.165) is 69.8 Å². The number of aryl methyl sites for hydroxylation is 1. The molecule has 1 aliphatic rings. The molecule has 7 heteroatoms. The van der Waals surface area contributed by atoms with Crippen molar-refractivity contribution in [3.8, 4) is 0 Å². The zero-order valence-corrected chi connectivity index (χ0v) is 19.2. The van der Waals surface area contributed by atoms with E-state index < -0.39 is 0 Å². The van der Waals surface area contributed by atoms with Crippen LogP contribution in [0.1, 0.15) is 51.7 Å². The molecule has 0 amide bonds. The summed E-state index contributed by atoms with van der Waals surface area (Å²) < 4.78 is 11.5. The minimum atomic E-state index is 0.170. The zero-order chi connectivity index (χ0) is 21.2. The second-order valence-corrected chi connectivity index (χ2v) is 8.27. The van der Waals surface area contributed by atoms with Crippen molar-refractivity contribution < 1.29 is 9.15 Å². The van der Waals surface area contributed by atoms with Gasteiger partial charge in [-0.15, -0.1) is 0 Å². The molecular weight excluding hydrogens is 366 g/mol. The van der Waals surface area contributed by atoms with E-state index in [2.05, 4.69) is 59.2 Å². The maximum atomic E-state index is 5.95. The number of rotatable bonds is 10. The van der Waals surface area contributed by atoms with Gasteiger partial charge in [-0.3, -0.25) is 14.8 Å². The Balaban J connectivity index is 1.84. The van der Waals surface area contributed by atoms with Gasteiger partial charge >= 0.3 is 0 Å². The Bertz CT molecular complexity index is 600. The Labute approximate surface area is 176 Å². The Hall–Kier alpha value is -1.57. The van der Waals surface area contributed by atoms with E-state index in [-0.39, 0.29) is 6.04 Å². The highest BCUT2D eigenvalue weighted by Crippen LogP contribution is 2.23. The Morgan fingerprint density at radius 3 is 2.38 bits per heavy atom. The summed E-state index contributed by atoms with van der Waals surface area (Å²) in [6.45, 7) is 17.1. The van der Waals surface area contributed by atoms with Crippen molar-refractivity contribution in [2.75, 3.05) is 53.0 Å². The summed E-state index contributed by atoms with van der Waals surface area (Å²) in [5.74, 6) is 2.78. The maximum Gasteiger partial charge on any atom is 0.191 e. The van der Waals surface area contributed by atoms with Gasteiger partial charge < -0.3 is 19.8 Å². The van der Waals surface area contributed by atoms with Crippen LogP contribution < -0.4 is 10.6 Å². The van der Waals surface area contributed by atoms with E-state index in [9.17, 15) is 0 Å².